The number of aryl methyl sites for hydroxylation is 1. The van der Waals surface area contributed by atoms with Crippen LogP contribution in [-0.2, 0) is 19.4 Å². The normalized spacial score (nSPS) is 13.9. The van der Waals surface area contributed by atoms with Crippen LogP contribution in [0.2, 0.25) is 0 Å². The summed E-state index contributed by atoms with van der Waals surface area (Å²) in [6.45, 7) is 0.490. The van der Waals surface area contributed by atoms with Crippen molar-refractivity contribution in [3.05, 3.63) is 51.5 Å². The zero-order chi connectivity index (χ0) is 13.1. The molecule has 0 aliphatic heterocycles. The predicted octanol–water partition coefficient (Wildman–Crippen LogP) is 2.95. The molecule has 0 saturated carbocycles. The first-order valence-corrected chi connectivity index (χ1v) is 7.50. The van der Waals surface area contributed by atoms with Crippen LogP contribution in [0.25, 0.3) is 0 Å². The van der Waals surface area contributed by atoms with E-state index in [4.69, 9.17) is 0 Å². The fourth-order valence-corrected chi connectivity index (χ4v) is 3.58. The lowest BCUT2D eigenvalue weighted by molar-refractivity contribution is 0.0949. The van der Waals surface area contributed by atoms with Gasteiger partial charge in [-0.3, -0.25) is 9.78 Å². The molecule has 2 aromatic heterocycles. The molecular formula is C15H16N2OS. The van der Waals surface area contributed by atoms with Crippen molar-refractivity contribution in [3.8, 4) is 0 Å². The summed E-state index contributed by atoms with van der Waals surface area (Å²) >= 11 is 1.73. The number of hydrogen-bond donors (Lipinski definition) is 1. The maximum Gasteiger partial charge on any atom is 0.252 e. The monoisotopic (exact) mass is 272 g/mol. The smallest absolute Gasteiger partial charge is 0.252 e. The summed E-state index contributed by atoms with van der Waals surface area (Å²) < 4.78 is 0. The summed E-state index contributed by atoms with van der Waals surface area (Å²) in [7, 11) is 0. The molecule has 1 N–H and O–H groups in total. The molecule has 2 aromatic rings. The molecule has 98 valence electrons. The highest BCUT2D eigenvalue weighted by Crippen LogP contribution is 2.30. The molecule has 3 nitrogen and oxygen atoms in total. The van der Waals surface area contributed by atoms with Crippen LogP contribution in [0, 0.1) is 0 Å². The third-order valence-electron chi connectivity index (χ3n) is 3.46. The van der Waals surface area contributed by atoms with Gasteiger partial charge in [0.15, 0.2) is 0 Å². The van der Waals surface area contributed by atoms with Gasteiger partial charge in [-0.1, -0.05) is 6.07 Å². The van der Waals surface area contributed by atoms with Crippen molar-refractivity contribution in [3.63, 3.8) is 0 Å². The predicted molar refractivity (Wildman–Crippen MR) is 76.4 cm³/mol. The molecule has 19 heavy (non-hydrogen) atoms. The minimum atomic E-state index is 0.0325. The van der Waals surface area contributed by atoms with Crippen LogP contribution in [0.1, 0.15) is 39.3 Å². The lowest BCUT2D eigenvalue weighted by Gasteiger charge is -2.12. The van der Waals surface area contributed by atoms with Gasteiger partial charge in [-0.2, -0.15) is 0 Å². The van der Waals surface area contributed by atoms with Crippen molar-refractivity contribution in [2.75, 3.05) is 0 Å². The summed E-state index contributed by atoms with van der Waals surface area (Å²) in [5.41, 5.74) is 3.03. The molecule has 2 heterocycles. The molecule has 0 aromatic carbocycles. The van der Waals surface area contributed by atoms with E-state index in [1.165, 1.54) is 23.3 Å². The van der Waals surface area contributed by atoms with E-state index in [1.807, 2.05) is 23.6 Å². The number of amides is 1. The van der Waals surface area contributed by atoms with Crippen LogP contribution in [0.15, 0.2) is 29.8 Å². The third-order valence-corrected chi connectivity index (χ3v) is 4.55. The summed E-state index contributed by atoms with van der Waals surface area (Å²) in [5, 5.41) is 4.96. The molecule has 4 heteroatoms. The highest BCUT2D eigenvalue weighted by Gasteiger charge is 2.19. The van der Waals surface area contributed by atoms with E-state index in [1.54, 1.807) is 17.5 Å². The Kier molecular flexibility index (Phi) is 3.60. The fraction of sp³-hybridized carbons (Fsp3) is 0.333. The number of carbonyl (C=O) groups is 1. The average Bonchev–Trinajstić information content (AvgIpc) is 2.90. The SMILES string of the molecule is O=C(NCc1ccccn1)c1csc2c1CCCC2. The summed E-state index contributed by atoms with van der Waals surface area (Å²) in [6, 6.07) is 5.73. The lowest BCUT2D eigenvalue weighted by atomic mass is 9.95. The summed E-state index contributed by atoms with van der Waals surface area (Å²) in [4.78, 5) is 17.8. The minimum Gasteiger partial charge on any atom is -0.346 e. The van der Waals surface area contributed by atoms with Gasteiger partial charge in [0, 0.05) is 16.5 Å². The number of thiophene rings is 1. The van der Waals surface area contributed by atoms with E-state index in [0.29, 0.717) is 6.54 Å². The van der Waals surface area contributed by atoms with E-state index in [0.717, 1.165) is 24.1 Å². The highest BCUT2D eigenvalue weighted by atomic mass is 32.1. The third kappa shape index (κ3) is 2.68. The van der Waals surface area contributed by atoms with Gasteiger partial charge < -0.3 is 5.32 Å². The van der Waals surface area contributed by atoms with Crippen molar-refractivity contribution in [2.24, 2.45) is 0 Å². The Balaban J connectivity index is 1.69. The largest absolute Gasteiger partial charge is 0.346 e. The molecule has 0 radical (unpaired) electrons. The summed E-state index contributed by atoms with van der Waals surface area (Å²) in [5.74, 6) is 0.0325. The minimum absolute atomic E-state index is 0.0325. The maximum absolute atomic E-state index is 12.2. The van der Waals surface area contributed by atoms with Crippen LogP contribution in [0.3, 0.4) is 0 Å². The van der Waals surface area contributed by atoms with Gasteiger partial charge in [0.2, 0.25) is 0 Å². The Morgan fingerprint density at radius 3 is 3.05 bits per heavy atom. The molecule has 0 spiro atoms. The van der Waals surface area contributed by atoms with Crippen molar-refractivity contribution in [1.82, 2.24) is 10.3 Å². The number of nitrogens with zero attached hydrogens (tertiary/aromatic N) is 1. The Morgan fingerprint density at radius 2 is 2.21 bits per heavy atom. The van der Waals surface area contributed by atoms with E-state index < -0.39 is 0 Å². The van der Waals surface area contributed by atoms with E-state index in [2.05, 4.69) is 10.3 Å². The molecule has 1 aliphatic carbocycles. The second-order valence-corrected chi connectivity index (χ2v) is 5.73. The Hall–Kier alpha value is -1.68. The molecule has 0 saturated heterocycles. The van der Waals surface area contributed by atoms with Crippen LogP contribution in [-0.4, -0.2) is 10.9 Å². The Morgan fingerprint density at radius 1 is 1.32 bits per heavy atom. The zero-order valence-corrected chi connectivity index (χ0v) is 11.5. The number of aromatic nitrogens is 1. The standard InChI is InChI=1S/C15H16N2OS/c18-15(17-9-11-5-3-4-8-16-11)13-10-19-14-7-2-1-6-12(13)14/h3-5,8,10H,1-2,6-7,9H2,(H,17,18). The van der Waals surface area contributed by atoms with Crippen molar-refractivity contribution in [2.45, 2.75) is 32.2 Å². The van der Waals surface area contributed by atoms with Gasteiger partial charge >= 0.3 is 0 Å². The molecule has 3 rings (SSSR count). The van der Waals surface area contributed by atoms with Crippen LogP contribution in [0.4, 0.5) is 0 Å². The molecule has 1 aliphatic rings. The molecule has 0 fully saturated rings. The van der Waals surface area contributed by atoms with Gasteiger partial charge in [0.1, 0.15) is 0 Å². The number of carbonyl (C=O) groups excluding carboxylic acids is 1. The number of hydrogen-bond acceptors (Lipinski definition) is 3. The first-order chi connectivity index (χ1) is 9.34. The van der Waals surface area contributed by atoms with Crippen molar-refractivity contribution >= 4 is 17.2 Å². The van der Waals surface area contributed by atoms with Gasteiger partial charge in [-0.05, 0) is 43.4 Å². The number of fused-ring (bicyclic) bond motifs is 1. The van der Waals surface area contributed by atoms with Crippen LogP contribution < -0.4 is 5.32 Å². The topological polar surface area (TPSA) is 42.0 Å². The first kappa shape index (κ1) is 12.4. The van der Waals surface area contributed by atoms with Gasteiger partial charge in [0.25, 0.3) is 5.91 Å². The first-order valence-electron chi connectivity index (χ1n) is 6.62. The van der Waals surface area contributed by atoms with Crippen LogP contribution >= 0.6 is 11.3 Å². The Labute approximate surface area is 116 Å². The second-order valence-electron chi connectivity index (χ2n) is 4.76. The maximum atomic E-state index is 12.2. The average molecular weight is 272 g/mol. The van der Waals surface area contributed by atoms with E-state index in [9.17, 15) is 4.79 Å². The number of rotatable bonds is 3. The van der Waals surface area contributed by atoms with E-state index in [-0.39, 0.29) is 5.91 Å². The molecule has 1 amide bonds. The molecule has 0 atom stereocenters. The quantitative estimate of drug-likeness (QED) is 0.933. The van der Waals surface area contributed by atoms with Crippen molar-refractivity contribution in [1.29, 1.82) is 0 Å². The molecular weight excluding hydrogens is 256 g/mol. The van der Waals surface area contributed by atoms with Gasteiger partial charge in [-0.15, -0.1) is 11.3 Å². The zero-order valence-electron chi connectivity index (χ0n) is 10.7. The fourth-order valence-electron chi connectivity index (χ4n) is 2.45. The summed E-state index contributed by atoms with van der Waals surface area (Å²) in [6.07, 6.45) is 6.37. The van der Waals surface area contributed by atoms with Gasteiger partial charge in [0.05, 0.1) is 17.8 Å². The van der Waals surface area contributed by atoms with Crippen molar-refractivity contribution < 1.29 is 4.79 Å². The van der Waals surface area contributed by atoms with Gasteiger partial charge in [-0.25, -0.2) is 0 Å². The van der Waals surface area contributed by atoms with E-state index >= 15 is 0 Å². The number of pyridine rings is 1. The Bertz CT molecular complexity index is 577. The number of nitrogens with one attached hydrogen (secondary N) is 1. The van der Waals surface area contributed by atoms with Crippen LogP contribution in [0.5, 0.6) is 0 Å². The highest BCUT2D eigenvalue weighted by molar-refractivity contribution is 7.10. The molecule has 0 bridgehead atoms. The lowest BCUT2D eigenvalue weighted by Crippen LogP contribution is -2.24. The second kappa shape index (κ2) is 5.53. The molecule has 0 unspecified atom stereocenters.